The summed E-state index contributed by atoms with van der Waals surface area (Å²) in [6.45, 7) is 3.08. The zero-order chi connectivity index (χ0) is 16.1. The lowest BCUT2D eigenvalue weighted by atomic mass is 9.90. The van der Waals surface area contributed by atoms with Gasteiger partial charge in [-0.25, -0.2) is 9.97 Å². The molecule has 0 bridgehead atoms. The lowest BCUT2D eigenvalue weighted by Crippen LogP contribution is -2.46. The summed E-state index contributed by atoms with van der Waals surface area (Å²) in [5, 5.41) is 0. The van der Waals surface area contributed by atoms with E-state index in [0.29, 0.717) is 12.8 Å². The van der Waals surface area contributed by atoms with E-state index >= 15 is 0 Å². The fourth-order valence-electron chi connectivity index (χ4n) is 3.50. The Morgan fingerprint density at radius 3 is 2.83 bits per heavy atom. The maximum absolute atomic E-state index is 12.7. The molecule has 2 aromatic rings. The molecular weight excluding hydrogens is 286 g/mol. The molecule has 1 saturated heterocycles. The van der Waals surface area contributed by atoms with Gasteiger partial charge in [0, 0.05) is 30.4 Å². The molecule has 2 heterocycles. The van der Waals surface area contributed by atoms with Crippen molar-refractivity contribution in [1.82, 2.24) is 14.9 Å². The van der Waals surface area contributed by atoms with E-state index in [1.54, 1.807) is 6.20 Å². The van der Waals surface area contributed by atoms with Crippen LogP contribution in [0, 0.1) is 0 Å². The summed E-state index contributed by atoms with van der Waals surface area (Å²) in [6.07, 6.45) is 7.54. The van der Waals surface area contributed by atoms with Crippen molar-refractivity contribution in [2.24, 2.45) is 0 Å². The molecule has 0 N–H and O–H groups in total. The summed E-state index contributed by atoms with van der Waals surface area (Å²) in [6, 6.07) is 12.3. The van der Waals surface area contributed by atoms with E-state index in [-0.39, 0.29) is 11.4 Å². The van der Waals surface area contributed by atoms with Gasteiger partial charge in [0.1, 0.15) is 6.33 Å². The zero-order valence-electron chi connectivity index (χ0n) is 13.6. The van der Waals surface area contributed by atoms with Crippen LogP contribution in [-0.4, -0.2) is 32.9 Å². The van der Waals surface area contributed by atoms with Crippen LogP contribution in [0.15, 0.2) is 48.9 Å². The second-order valence-corrected chi connectivity index (χ2v) is 6.51. The third kappa shape index (κ3) is 3.76. The predicted octanol–water partition coefficient (Wildman–Crippen LogP) is 3.03. The van der Waals surface area contributed by atoms with E-state index in [9.17, 15) is 4.79 Å². The molecule has 3 rings (SSSR count). The fourth-order valence-corrected chi connectivity index (χ4v) is 3.50. The summed E-state index contributed by atoms with van der Waals surface area (Å²) in [5.41, 5.74) is 2.16. The minimum absolute atomic E-state index is 0.0654. The van der Waals surface area contributed by atoms with E-state index in [1.165, 1.54) is 11.9 Å². The van der Waals surface area contributed by atoms with Gasteiger partial charge in [0.05, 0.1) is 0 Å². The van der Waals surface area contributed by atoms with Crippen LogP contribution in [0.25, 0.3) is 0 Å². The van der Waals surface area contributed by atoms with Crippen molar-refractivity contribution in [2.45, 2.75) is 44.6 Å². The Bertz CT molecular complexity index is 644. The van der Waals surface area contributed by atoms with Gasteiger partial charge in [-0.3, -0.25) is 4.79 Å². The van der Waals surface area contributed by atoms with E-state index in [1.807, 2.05) is 12.1 Å². The molecule has 1 atom stereocenters. The van der Waals surface area contributed by atoms with E-state index in [2.05, 4.69) is 46.1 Å². The SMILES string of the molecule is C[C@@]1(Cc2ccccc2)CCCN1C(=O)CCc1ccncn1. The Morgan fingerprint density at radius 1 is 1.26 bits per heavy atom. The normalized spacial score (nSPS) is 20.7. The number of carbonyl (C=O) groups excluding carboxylic acids is 1. The highest BCUT2D eigenvalue weighted by Crippen LogP contribution is 2.33. The molecule has 4 nitrogen and oxygen atoms in total. The predicted molar refractivity (Wildman–Crippen MR) is 89.9 cm³/mol. The summed E-state index contributed by atoms with van der Waals surface area (Å²) in [5.74, 6) is 0.236. The number of amides is 1. The summed E-state index contributed by atoms with van der Waals surface area (Å²) in [4.78, 5) is 22.9. The molecule has 0 radical (unpaired) electrons. The molecule has 0 aliphatic carbocycles. The van der Waals surface area contributed by atoms with Crippen LogP contribution in [0.5, 0.6) is 0 Å². The van der Waals surface area contributed by atoms with Crippen LogP contribution in [0.1, 0.15) is 37.4 Å². The van der Waals surface area contributed by atoms with Gasteiger partial charge in [-0.2, -0.15) is 0 Å². The summed E-state index contributed by atoms with van der Waals surface area (Å²) in [7, 11) is 0. The van der Waals surface area contributed by atoms with Crippen molar-refractivity contribution < 1.29 is 4.79 Å². The maximum atomic E-state index is 12.7. The van der Waals surface area contributed by atoms with Gasteiger partial charge in [0.25, 0.3) is 0 Å². The first-order valence-electron chi connectivity index (χ1n) is 8.27. The van der Waals surface area contributed by atoms with Crippen LogP contribution < -0.4 is 0 Å². The number of carbonyl (C=O) groups is 1. The molecule has 1 aliphatic heterocycles. The van der Waals surface area contributed by atoms with Crippen molar-refractivity contribution in [2.75, 3.05) is 6.54 Å². The number of nitrogens with zero attached hydrogens (tertiary/aromatic N) is 3. The minimum atomic E-state index is -0.0654. The number of rotatable bonds is 5. The number of likely N-dealkylation sites (tertiary alicyclic amines) is 1. The monoisotopic (exact) mass is 309 g/mol. The molecule has 1 aromatic carbocycles. The first-order chi connectivity index (χ1) is 11.2. The Hall–Kier alpha value is -2.23. The van der Waals surface area contributed by atoms with Gasteiger partial charge in [-0.05, 0) is 44.2 Å². The summed E-state index contributed by atoms with van der Waals surface area (Å²) >= 11 is 0. The second-order valence-electron chi connectivity index (χ2n) is 6.51. The Morgan fingerprint density at radius 2 is 2.09 bits per heavy atom. The number of hydrogen-bond donors (Lipinski definition) is 0. The number of aryl methyl sites for hydroxylation is 1. The molecule has 0 saturated carbocycles. The third-order valence-electron chi connectivity index (χ3n) is 4.72. The number of hydrogen-bond acceptors (Lipinski definition) is 3. The molecule has 120 valence electrons. The Kier molecular flexibility index (Phi) is 4.70. The van der Waals surface area contributed by atoms with Gasteiger partial charge in [0.15, 0.2) is 0 Å². The van der Waals surface area contributed by atoms with Gasteiger partial charge < -0.3 is 4.90 Å². The number of aromatic nitrogens is 2. The molecule has 1 aliphatic rings. The minimum Gasteiger partial charge on any atom is -0.337 e. The van der Waals surface area contributed by atoms with E-state index < -0.39 is 0 Å². The van der Waals surface area contributed by atoms with Crippen molar-refractivity contribution in [3.8, 4) is 0 Å². The molecular formula is C19H23N3O. The van der Waals surface area contributed by atoms with Gasteiger partial charge in [-0.1, -0.05) is 30.3 Å². The van der Waals surface area contributed by atoms with Crippen molar-refractivity contribution in [3.63, 3.8) is 0 Å². The maximum Gasteiger partial charge on any atom is 0.223 e. The van der Waals surface area contributed by atoms with Gasteiger partial charge in [0.2, 0.25) is 5.91 Å². The smallest absolute Gasteiger partial charge is 0.223 e. The van der Waals surface area contributed by atoms with E-state index in [4.69, 9.17) is 0 Å². The quantitative estimate of drug-likeness (QED) is 0.853. The van der Waals surface area contributed by atoms with Crippen molar-refractivity contribution in [1.29, 1.82) is 0 Å². The second kappa shape index (κ2) is 6.90. The molecule has 23 heavy (non-hydrogen) atoms. The van der Waals surface area contributed by atoms with Crippen molar-refractivity contribution >= 4 is 5.91 Å². The molecule has 1 aromatic heterocycles. The highest BCUT2D eigenvalue weighted by atomic mass is 16.2. The van der Waals surface area contributed by atoms with E-state index in [0.717, 1.165) is 31.5 Å². The van der Waals surface area contributed by atoms with Crippen LogP contribution in [0.4, 0.5) is 0 Å². The molecule has 4 heteroatoms. The topological polar surface area (TPSA) is 46.1 Å². The third-order valence-corrected chi connectivity index (χ3v) is 4.72. The fraction of sp³-hybridized carbons (Fsp3) is 0.421. The lowest BCUT2D eigenvalue weighted by molar-refractivity contribution is -0.134. The highest BCUT2D eigenvalue weighted by Gasteiger charge is 2.39. The van der Waals surface area contributed by atoms with Gasteiger partial charge >= 0.3 is 0 Å². The highest BCUT2D eigenvalue weighted by molar-refractivity contribution is 5.77. The molecule has 0 spiro atoms. The van der Waals surface area contributed by atoms with Crippen molar-refractivity contribution in [3.05, 3.63) is 60.2 Å². The zero-order valence-corrected chi connectivity index (χ0v) is 13.6. The average molecular weight is 309 g/mol. The number of benzene rings is 1. The lowest BCUT2D eigenvalue weighted by Gasteiger charge is -2.36. The average Bonchev–Trinajstić information content (AvgIpc) is 2.96. The summed E-state index contributed by atoms with van der Waals surface area (Å²) < 4.78 is 0. The van der Waals surface area contributed by atoms with Crippen LogP contribution in [-0.2, 0) is 17.6 Å². The van der Waals surface area contributed by atoms with Crippen LogP contribution >= 0.6 is 0 Å². The standard InChI is InChI=1S/C19H23N3O/c1-19(14-16-6-3-2-4-7-16)11-5-13-22(19)18(23)9-8-17-10-12-20-15-21-17/h2-4,6-7,10,12,15H,5,8-9,11,13-14H2,1H3/t19-/m0/s1. The van der Waals surface area contributed by atoms with Gasteiger partial charge in [-0.15, -0.1) is 0 Å². The Labute approximate surface area is 137 Å². The van der Waals surface area contributed by atoms with Crippen LogP contribution in [0.3, 0.4) is 0 Å². The molecule has 1 amide bonds. The molecule has 1 fully saturated rings. The Balaban J connectivity index is 1.64. The largest absolute Gasteiger partial charge is 0.337 e. The molecule has 0 unspecified atom stereocenters. The first kappa shape index (κ1) is 15.7. The first-order valence-corrected chi connectivity index (χ1v) is 8.27. The van der Waals surface area contributed by atoms with Crippen LogP contribution in [0.2, 0.25) is 0 Å².